The van der Waals surface area contributed by atoms with Crippen LogP contribution in [-0.4, -0.2) is 32.7 Å². The summed E-state index contributed by atoms with van der Waals surface area (Å²) in [5.74, 6) is 1.10. The van der Waals surface area contributed by atoms with Crippen LogP contribution in [0.2, 0.25) is 0 Å². The molecule has 0 saturated carbocycles. The Morgan fingerprint density at radius 2 is 2.06 bits per heavy atom. The second kappa shape index (κ2) is 6.73. The summed E-state index contributed by atoms with van der Waals surface area (Å²) < 4.78 is 18.3. The predicted octanol–water partition coefficient (Wildman–Crippen LogP) is 1.39. The van der Waals surface area contributed by atoms with Crippen LogP contribution in [0.5, 0.6) is 5.75 Å². The van der Waals surface area contributed by atoms with Gasteiger partial charge in [0.2, 0.25) is 0 Å². The first-order chi connectivity index (χ1) is 8.15. The fraction of sp³-hybridized carbons (Fsp3) is 0.417. The summed E-state index contributed by atoms with van der Waals surface area (Å²) in [6.07, 6.45) is -0.0365. The minimum absolute atomic E-state index is 0.0365. The van der Waals surface area contributed by atoms with Crippen LogP contribution in [0.1, 0.15) is 6.92 Å². The van der Waals surface area contributed by atoms with Crippen molar-refractivity contribution in [2.24, 2.45) is 4.99 Å². The van der Waals surface area contributed by atoms with E-state index in [1.54, 1.807) is 26.2 Å². The van der Waals surface area contributed by atoms with E-state index >= 15 is 0 Å². The van der Waals surface area contributed by atoms with Crippen molar-refractivity contribution in [1.82, 2.24) is 10.6 Å². The second-order valence-electron chi connectivity index (χ2n) is 3.59. The van der Waals surface area contributed by atoms with Gasteiger partial charge in [0, 0.05) is 14.1 Å². The molecule has 0 aliphatic heterocycles. The molecular weight excluding hydrogens is 221 g/mol. The van der Waals surface area contributed by atoms with Crippen LogP contribution in [-0.2, 0) is 0 Å². The van der Waals surface area contributed by atoms with Crippen LogP contribution in [0.4, 0.5) is 4.39 Å². The Hall–Kier alpha value is -1.78. The van der Waals surface area contributed by atoms with Gasteiger partial charge < -0.3 is 15.4 Å². The van der Waals surface area contributed by atoms with E-state index in [9.17, 15) is 4.39 Å². The lowest BCUT2D eigenvalue weighted by Crippen LogP contribution is -2.40. The minimum atomic E-state index is -0.265. The van der Waals surface area contributed by atoms with E-state index in [0.717, 1.165) is 0 Å². The van der Waals surface area contributed by atoms with Crippen LogP contribution < -0.4 is 15.4 Å². The highest BCUT2D eigenvalue weighted by atomic mass is 19.1. The third kappa shape index (κ3) is 4.72. The Bertz CT molecular complexity index is 365. The molecule has 5 heteroatoms. The van der Waals surface area contributed by atoms with E-state index in [-0.39, 0.29) is 11.9 Å². The van der Waals surface area contributed by atoms with Crippen LogP contribution in [0.3, 0.4) is 0 Å². The standard InChI is InChI=1S/C12H18FN3O/c1-9(8-16-12(14-2)15-3)17-11-6-4-10(13)5-7-11/h4-7,9H,8H2,1-3H3,(H2,14,15,16). The van der Waals surface area contributed by atoms with Gasteiger partial charge in [-0.3, -0.25) is 4.99 Å². The fourth-order valence-corrected chi connectivity index (χ4v) is 1.31. The van der Waals surface area contributed by atoms with Crippen LogP contribution in [0, 0.1) is 5.82 Å². The lowest BCUT2D eigenvalue weighted by Gasteiger charge is -2.16. The Morgan fingerprint density at radius 1 is 1.41 bits per heavy atom. The topological polar surface area (TPSA) is 45.7 Å². The smallest absolute Gasteiger partial charge is 0.190 e. The van der Waals surface area contributed by atoms with Gasteiger partial charge in [0.1, 0.15) is 17.7 Å². The van der Waals surface area contributed by atoms with Crippen molar-refractivity contribution in [2.75, 3.05) is 20.6 Å². The number of hydrogen-bond donors (Lipinski definition) is 2. The summed E-state index contributed by atoms with van der Waals surface area (Å²) in [4.78, 5) is 3.99. The third-order valence-corrected chi connectivity index (χ3v) is 2.17. The predicted molar refractivity (Wildman–Crippen MR) is 66.9 cm³/mol. The molecule has 0 aliphatic rings. The summed E-state index contributed by atoms with van der Waals surface area (Å²) in [7, 11) is 3.49. The van der Waals surface area contributed by atoms with Gasteiger partial charge in [-0.1, -0.05) is 0 Å². The van der Waals surface area contributed by atoms with Crippen LogP contribution in [0.15, 0.2) is 29.3 Å². The van der Waals surface area contributed by atoms with Gasteiger partial charge in [0.05, 0.1) is 6.54 Å². The zero-order valence-electron chi connectivity index (χ0n) is 10.3. The number of benzene rings is 1. The van der Waals surface area contributed by atoms with Crippen molar-refractivity contribution in [3.63, 3.8) is 0 Å². The van der Waals surface area contributed by atoms with Crippen molar-refractivity contribution >= 4 is 5.96 Å². The van der Waals surface area contributed by atoms with Gasteiger partial charge in [-0.2, -0.15) is 0 Å². The molecule has 2 N–H and O–H groups in total. The maximum absolute atomic E-state index is 12.7. The molecule has 1 aromatic rings. The summed E-state index contributed by atoms with van der Waals surface area (Å²) in [5.41, 5.74) is 0. The Balaban J connectivity index is 2.39. The molecule has 1 atom stereocenters. The van der Waals surface area contributed by atoms with Crippen LogP contribution >= 0.6 is 0 Å². The van der Waals surface area contributed by atoms with E-state index < -0.39 is 0 Å². The molecule has 0 saturated heterocycles. The lowest BCUT2D eigenvalue weighted by molar-refractivity contribution is 0.223. The fourth-order valence-electron chi connectivity index (χ4n) is 1.31. The van der Waals surface area contributed by atoms with Gasteiger partial charge >= 0.3 is 0 Å². The lowest BCUT2D eigenvalue weighted by atomic mass is 10.3. The molecular formula is C12H18FN3O. The van der Waals surface area contributed by atoms with Gasteiger partial charge in [0.25, 0.3) is 0 Å². The third-order valence-electron chi connectivity index (χ3n) is 2.17. The maximum atomic E-state index is 12.7. The maximum Gasteiger partial charge on any atom is 0.190 e. The highest BCUT2D eigenvalue weighted by Gasteiger charge is 2.04. The molecule has 0 spiro atoms. The van der Waals surface area contributed by atoms with Crippen molar-refractivity contribution in [3.05, 3.63) is 30.1 Å². The molecule has 0 bridgehead atoms. The number of aliphatic imine (C=N–C) groups is 1. The quantitative estimate of drug-likeness (QED) is 0.616. The van der Waals surface area contributed by atoms with Crippen molar-refractivity contribution < 1.29 is 9.13 Å². The van der Waals surface area contributed by atoms with Gasteiger partial charge in [0.15, 0.2) is 5.96 Å². The Labute approximate surface area is 101 Å². The highest BCUT2D eigenvalue weighted by molar-refractivity contribution is 5.79. The SMILES string of the molecule is CN=C(NC)NCC(C)Oc1ccc(F)cc1. The minimum Gasteiger partial charge on any atom is -0.489 e. The van der Waals surface area contributed by atoms with E-state index in [2.05, 4.69) is 15.6 Å². The molecule has 0 aromatic heterocycles. The number of ether oxygens (including phenoxy) is 1. The molecule has 94 valence electrons. The highest BCUT2D eigenvalue weighted by Crippen LogP contribution is 2.12. The van der Waals surface area contributed by atoms with Crippen molar-refractivity contribution in [1.29, 1.82) is 0 Å². The van der Waals surface area contributed by atoms with Gasteiger partial charge in [-0.25, -0.2) is 4.39 Å². The largest absolute Gasteiger partial charge is 0.489 e. The molecule has 1 aromatic carbocycles. The van der Waals surface area contributed by atoms with Gasteiger partial charge in [-0.15, -0.1) is 0 Å². The summed E-state index contributed by atoms with van der Waals surface area (Å²) in [6, 6.07) is 5.97. The van der Waals surface area contributed by atoms with Crippen molar-refractivity contribution in [3.8, 4) is 5.75 Å². The summed E-state index contributed by atoms with van der Waals surface area (Å²) in [5, 5.41) is 6.00. The normalized spacial score (nSPS) is 13.1. The summed E-state index contributed by atoms with van der Waals surface area (Å²) in [6.45, 7) is 2.55. The van der Waals surface area contributed by atoms with Crippen molar-refractivity contribution in [2.45, 2.75) is 13.0 Å². The van der Waals surface area contributed by atoms with E-state index in [0.29, 0.717) is 18.3 Å². The number of halogens is 1. The molecule has 0 aliphatic carbocycles. The number of rotatable bonds is 4. The zero-order chi connectivity index (χ0) is 12.7. The number of nitrogens with one attached hydrogen (secondary N) is 2. The van der Waals surface area contributed by atoms with E-state index in [4.69, 9.17) is 4.74 Å². The number of nitrogens with zero attached hydrogens (tertiary/aromatic N) is 1. The molecule has 0 fully saturated rings. The molecule has 4 nitrogen and oxygen atoms in total. The summed E-state index contributed by atoms with van der Waals surface area (Å²) >= 11 is 0. The first-order valence-corrected chi connectivity index (χ1v) is 5.46. The number of guanidine groups is 1. The Morgan fingerprint density at radius 3 is 2.59 bits per heavy atom. The first-order valence-electron chi connectivity index (χ1n) is 5.46. The van der Waals surface area contributed by atoms with Gasteiger partial charge in [-0.05, 0) is 31.2 Å². The second-order valence-corrected chi connectivity index (χ2v) is 3.59. The average molecular weight is 239 g/mol. The average Bonchev–Trinajstić information content (AvgIpc) is 2.33. The molecule has 17 heavy (non-hydrogen) atoms. The molecule has 0 heterocycles. The van der Waals surface area contributed by atoms with E-state index in [1.807, 2.05) is 6.92 Å². The monoisotopic (exact) mass is 239 g/mol. The number of hydrogen-bond acceptors (Lipinski definition) is 2. The Kier molecular flexibility index (Phi) is 5.26. The zero-order valence-corrected chi connectivity index (χ0v) is 10.3. The first kappa shape index (κ1) is 13.3. The molecule has 1 unspecified atom stereocenters. The molecule has 0 amide bonds. The molecule has 1 rings (SSSR count). The molecule has 0 radical (unpaired) electrons. The van der Waals surface area contributed by atoms with Crippen LogP contribution in [0.25, 0.3) is 0 Å². The van der Waals surface area contributed by atoms with E-state index in [1.165, 1.54) is 12.1 Å².